The van der Waals surface area contributed by atoms with Crippen LogP contribution in [0, 0.1) is 5.82 Å². The fourth-order valence-corrected chi connectivity index (χ4v) is 2.38. The fraction of sp³-hybridized carbons (Fsp3) is 0.0952. The SMILES string of the molecule is COc1ccc(C(=O)Nc2ccc(OCc3ccccc3)cc2)c(F)c1. The van der Waals surface area contributed by atoms with Crippen molar-refractivity contribution in [1.82, 2.24) is 0 Å². The van der Waals surface area contributed by atoms with E-state index in [-0.39, 0.29) is 5.56 Å². The first kappa shape index (κ1) is 17.5. The van der Waals surface area contributed by atoms with Gasteiger partial charge in [0.05, 0.1) is 12.7 Å². The van der Waals surface area contributed by atoms with Crippen molar-refractivity contribution in [3.63, 3.8) is 0 Å². The van der Waals surface area contributed by atoms with Crippen LogP contribution in [0.15, 0.2) is 72.8 Å². The summed E-state index contributed by atoms with van der Waals surface area (Å²) < 4.78 is 24.6. The average Bonchev–Trinajstić information content (AvgIpc) is 2.68. The third-order valence-corrected chi connectivity index (χ3v) is 3.78. The molecule has 3 aromatic rings. The molecule has 26 heavy (non-hydrogen) atoms. The second-order valence-electron chi connectivity index (χ2n) is 5.60. The summed E-state index contributed by atoms with van der Waals surface area (Å²) in [5.74, 6) is -0.116. The van der Waals surface area contributed by atoms with Crippen LogP contribution in [0.25, 0.3) is 0 Å². The maximum Gasteiger partial charge on any atom is 0.258 e. The maximum absolute atomic E-state index is 14.0. The Hall–Kier alpha value is -3.34. The van der Waals surface area contributed by atoms with Crippen molar-refractivity contribution in [3.05, 3.63) is 89.7 Å². The summed E-state index contributed by atoms with van der Waals surface area (Å²) in [4.78, 5) is 12.2. The Bertz CT molecular complexity index is 880. The van der Waals surface area contributed by atoms with Crippen LogP contribution in [0.4, 0.5) is 10.1 Å². The van der Waals surface area contributed by atoms with Crippen LogP contribution in [0.1, 0.15) is 15.9 Å². The Morgan fingerprint density at radius 1 is 0.962 bits per heavy atom. The zero-order chi connectivity index (χ0) is 18.4. The lowest BCUT2D eigenvalue weighted by Crippen LogP contribution is -2.13. The Balaban J connectivity index is 1.61. The number of amides is 1. The van der Waals surface area contributed by atoms with Crippen molar-refractivity contribution in [2.24, 2.45) is 0 Å². The molecule has 0 radical (unpaired) electrons. The Kier molecular flexibility index (Phi) is 5.49. The van der Waals surface area contributed by atoms with Gasteiger partial charge in [0.2, 0.25) is 0 Å². The molecule has 3 aromatic carbocycles. The van der Waals surface area contributed by atoms with Gasteiger partial charge in [-0.15, -0.1) is 0 Å². The van der Waals surface area contributed by atoms with Gasteiger partial charge in [-0.25, -0.2) is 4.39 Å². The predicted molar refractivity (Wildman–Crippen MR) is 98.1 cm³/mol. The molecule has 5 heteroatoms. The van der Waals surface area contributed by atoms with Crippen LogP contribution in [0.2, 0.25) is 0 Å². The third kappa shape index (κ3) is 4.39. The largest absolute Gasteiger partial charge is 0.497 e. The summed E-state index contributed by atoms with van der Waals surface area (Å²) in [7, 11) is 1.44. The Labute approximate surface area is 151 Å². The number of halogens is 1. The minimum atomic E-state index is -0.635. The molecule has 0 aliphatic carbocycles. The molecule has 3 rings (SSSR count). The monoisotopic (exact) mass is 351 g/mol. The van der Waals surface area contributed by atoms with Crippen molar-refractivity contribution in [2.45, 2.75) is 6.61 Å². The molecule has 0 aliphatic heterocycles. The zero-order valence-electron chi connectivity index (χ0n) is 14.2. The maximum atomic E-state index is 14.0. The molecule has 4 nitrogen and oxygen atoms in total. The molecule has 1 amide bonds. The highest BCUT2D eigenvalue weighted by Crippen LogP contribution is 2.20. The summed E-state index contributed by atoms with van der Waals surface area (Å²) in [6.07, 6.45) is 0. The number of carbonyl (C=O) groups excluding carboxylic acids is 1. The summed E-state index contributed by atoms with van der Waals surface area (Å²) in [6.45, 7) is 0.462. The first-order chi connectivity index (χ1) is 12.7. The lowest BCUT2D eigenvalue weighted by molar-refractivity contribution is 0.102. The molecule has 0 bridgehead atoms. The number of carbonyl (C=O) groups is 1. The van der Waals surface area contributed by atoms with Gasteiger partial charge < -0.3 is 14.8 Å². The van der Waals surface area contributed by atoms with E-state index in [1.807, 2.05) is 30.3 Å². The second-order valence-corrected chi connectivity index (χ2v) is 5.60. The highest BCUT2D eigenvalue weighted by Gasteiger charge is 2.13. The van der Waals surface area contributed by atoms with E-state index in [4.69, 9.17) is 9.47 Å². The molecule has 0 fully saturated rings. The number of hydrogen-bond acceptors (Lipinski definition) is 3. The zero-order valence-corrected chi connectivity index (χ0v) is 14.2. The summed E-state index contributed by atoms with van der Waals surface area (Å²) >= 11 is 0. The molecule has 0 atom stereocenters. The number of anilines is 1. The Morgan fingerprint density at radius 2 is 1.65 bits per heavy atom. The molecule has 0 heterocycles. The quantitative estimate of drug-likeness (QED) is 0.702. The van der Waals surface area contributed by atoms with Crippen molar-refractivity contribution in [1.29, 1.82) is 0 Å². The number of methoxy groups -OCH3 is 1. The Morgan fingerprint density at radius 3 is 2.31 bits per heavy atom. The molecule has 132 valence electrons. The molecular weight excluding hydrogens is 333 g/mol. The number of benzene rings is 3. The van der Waals surface area contributed by atoms with E-state index in [0.29, 0.717) is 23.8 Å². The average molecular weight is 351 g/mol. The number of hydrogen-bond donors (Lipinski definition) is 1. The van der Waals surface area contributed by atoms with Gasteiger partial charge >= 0.3 is 0 Å². The summed E-state index contributed by atoms with van der Waals surface area (Å²) in [5, 5.41) is 2.66. The van der Waals surface area contributed by atoms with Gasteiger partial charge in [-0.3, -0.25) is 4.79 Å². The topological polar surface area (TPSA) is 47.6 Å². The van der Waals surface area contributed by atoms with E-state index >= 15 is 0 Å². The van der Waals surface area contributed by atoms with Crippen LogP contribution in [0.3, 0.4) is 0 Å². The van der Waals surface area contributed by atoms with Gasteiger partial charge in [-0.1, -0.05) is 30.3 Å². The lowest BCUT2D eigenvalue weighted by atomic mass is 10.2. The van der Waals surface area contributed by atoms with Crippen molar-refractivity contribution in [2.75, 3.05) is 12.4 Å². The first-order valence-electron chi connectivity index (χ1n) is 8.07. The molecular formula is C21H18FNO3. The molecule has 0 saturated heterocycles. The molecule has 1 N–H and O–H groups in total. The molecule has 0 spiro atoms. The molecule has 0 saturated carbocycles. The summed E-state index contributed by atoms with van der Waals surface area (Å²) in [5.41, 5.74) is 1.58. The number of ether oxygens (including phenoxy) is 2. The second kappa shape index (κ2) is 8.16. The van der Waals surface area contributed by atoms with Crippen LogP contribution in [-0.4, -0.2) is 13.0 Å². The highest BCUT2D eigenvalue weighted by atomic mass is 19.1. The fourth-order valence-electron chi connectivity index (χ4n) is 2.38. The number of rotatable bonds is 6. The van der Waals surface area contributed by atoms with E-state index in [0.717, 1.165) is 5.56 Å². The van der Waals surface area contributed by atoms with Crippen LogP contribution >= 0.6 is 0 Å². The highest BCUT2D eigenvalue weighted by molar-refractivity contribution is 6.04. The van der Waals surface area contributed by atoms with Crippen molar-refractivity contribution < 1.29 is 18.7 Å². The van der Waals surface area contributed by atoms with Gasteiger partial charge in [-0.2, -0.15) is 0 Å². The van der Waals surface area contributed by atoms with E-state index < -0.39 is 11.7 Å². The van der Waals surface area contributed by atoms with Crippen molar-refractivity contribution in [3.8, 4) is 11.5 Å². The minimum Gasteiger partial charge on any atom is -0.497 e. The van der Waals surface area contributed by atoms with Crippen LogP contribution in [0.5, 0.6) is 11.5 Å². The predicted octanol–water partition coefficient (Wildman–Crippen LogP) is 4.67. The van der Waals surface area contributed by atoms with Gasteiger partial charge in [-0.05, 0) is 42.0 Å². The lowest BCUT2D eigenvalue weighted by Gasteiger charge is -2.09. The molecule has 0 aliphatic rings. The van der Waals surface area contributed by atoms with E-state index in [2.05, 4.69) is 5.32 Å². The van der Waals surface area contributed by atoms with E-state index in [1.165, 1.54) is 19.2 Å². The third-order valence-electron chi connectivity index (χ3n) is 3.78. The normalized spacial score (nSPS) is 10.2. The first-order valence-corrected chi connectivity index (χ1v) is 8.07. The van der Waals surface area contributed by atoms with E-state index in [1.54, 1.807) is 30.3 Å². The smallest absolute Gasteiger partial charge is 0.258 e. The van der Waals surface area contributed by atoms with Crippen LogP contribution < -0.4 is 14.8 Å². The standard InChI is InChI=1S/C21H18FNO3/c1-25-18-11-12-19(20(22)13-18)21(24)23-16-7-9-17(10-8-16)26-14-15-5-3-2-4-6-15/h2-13H,14H2,1H3,(H,23,24). The molecule has 0 aromatic heterocycles. The van der Waals surface area contributed by atoms with Gasteiger partial charge in [0, 0.05) is 11.8 Å². The van der Waals surface area contributed by atoms with Crippen LogP contribution in [-0.2, 0) is 6.61 Å². The number of nitrogens with one attached hydrogen (secondary N) is 1. The molecule has 0 unspecified atom stereocenters. The summed E-state index contributed by atoms with van der Waals surface area (Å²) in [6, 6.07) is 20.9. The van der Waals surface area contributed by atoms with Gasteiger partial charge in [0.25, 0.3) is 5.91 Å². The van der Waals surface area contributed by atoms with Gasteiger partial charge in [0.1, 0.15) is 23.9 Å². The van der Waals surface area contributed by atoms with Gasteiger partial charge in [0.15, 0.2) is 0 Å². The van der Waals surface area contributed by atoms with E-state index in [9.17, 15) is 9.18 Å². The minimum absolute atomic E-state index is 0.0461. The van der Waals surface area contributed by atoms with Crippen molar-refractivity contribution >= 4 is 11.6 Å².